The van der Waals surface area contributed by atoms with Crippen molar-refractivity contribution in [3.05, 3.63) is 23.3 Å². The van der Waals surface area contributed by atoms with Gasteiger partial charge in [-0.15, -0.1) is 0 Å². The summed E-state index contributed by atoms with van der Waals surface area (Å²) in [5.41, 5.74) is 0.149. The molecule has 0 amide bonds. The third-order valence-electron chi connectivity index (χ3n) is 7.82. The van der Waals surface area contributed by atoms with Crippen LogP contribution in [0.5, 0.6) is 11.5 Å². The molecule has 5 nitrogen and oxygen atoms in total. The topological polar surface area (TPSA) is 70.0 Å². The van der Waals surface area contributed by atoms with Gasteiger partial charge in [-0.3, -0.25) is 9.69 Å². The number of ketones is 1. The Morgan fingerprint density at radius 3 is 2.81 bits per heavy atom. The Labute approximate surface area is 160 Å². The van der Waals surface area contributed by atoms with Gasteiger partial charge in [0.25, 0.3) is 0 Å². The second kappa shape index (κ2) is 5.71. The van der Waals surface area contributed by atoms with E-state index in [2.05, 4.69) is 4.90 Å². The van der Waals surface area contributed by atoms with Gasteiger partial charge in [-0.2, -0.15) is 0 Å². The predicted molar refractivity (Wildman–Crippen MR) is 101 cm³/mol. The summed E-state index contributed by atoms with van der Waals surface area (Å²) in [5.74, 6) is 1.36. The standard InChI is InChI=1S/C22H29NO4/c1-13-10-22(26)18-9-15-5-6-17(27-2)20(25)19(15)21(22,11-16(13)24)7-8-23(18)12-14-3-4-14/h5-6,13-14,18,25-26H,3-4,7-12H2,1-2H3/t13?,18-,21-,22-/m1/s1. The molecule has 2 N–H and O–H groups in total. The zero-order valence-electron chi connectivity index (χ0n) is 16.2. The van der Waals surface area contributed by atoms with Gasteiger partial charge in [0.2, 0.25) is 0 Å². The van der Waals surface area contributed by atoms with Crippen LogP contribution in [-0.2, 0) is 16.6 Å². The van der Waals surface area contributed by atoms with Gasteiger partial charge in [-0.05, 0) is 56.2 Å². The molecule has 4 atom stereocenters. The lowest BCUT2D eigenvalue weighted by Crippen LogP contribution is -2.74. The smallest absolute Gasteiger partial charge is 0.161 e. The number of ether oxygens (including phenoxy) is 1. The van der Waals surface area contributed by atoms with Crippen LogP contribution in [-0.4, -0.2) is 52.7 Å². The number of aliphatic hydroxyl groups is 1. The quantitative estimate of drug-likeness (QED) is 0.854. The normalized spacial score (nSPS) is 38.3. The lowest BCUT2D eigenvalue weighted by molar-refractivity contribution is -0.181. The highest BCUT2D eigenvalue weighted by Crippen LogP contribution is 2.61. The number of Topliss-reactive ketones (excluding diaryl/α,β-unsaturated/α-hetero) is 1. The minimum absolute atomic E-state index is 0.0164. The monoisotopic (exact) mass is 371 g/mol. The molecule has 2 bridgehead atoms. The highest BCUT2D eigenvalue weighted by atomic mass is 16.5. The number of likely N-dealkylation sites (tertiary alicyclic amines) is 1. The largest absolute Gasteiger partial charge is 0.504 e. The van der Waals surface area contributed by atoms with Gasteiger partial charge in [0, 0.05) is 35.9 Å². The van der Waals surface area contributed by atoms with Crippen molar-refractivity contribution in [3.63, 3.8) is 0 Å². The number of piperidine rings is 1. The molecule has 2 saturated carbocycles. The summed E-state index contributed by atoms with van der Waals surface area (Å²) in [7, 11) is 1.54. The molecular formula is C22H29NO4. The average molecular weight is 371 g/mol. The number of carbonyl (C=O) groups is 1. The lowest BCUT2D eigenvalue weighted by Gasteiger charge is -2.64. The predicted octanol–water partition coefficient (Wildman–Crippen LogP) is 2.41. The summed E-state index contributed by atoms with van der Waals surface area (Å²) >= 11 is 0. The number of aromatic hydroxyl groups is 1. The first-order valence-corrected chi connectivity index (χ1v) is 10.3. The van der Waals surface area contributed by atoms with Crippen LogP contribution >= 0.6 is 0 Å². The van der Waals surface area contributed by atoms with Crippen LogP contribution in [0.1, 0.15) is 50.2 Å². The minimum Gasteiger partial charge on any atom is -0.504 e. The Bertz CT molecular complexity index is 804. The van der Waals surface area contributed by atoms with E-state index < -0.39 is 11.0 Å². The Kier molecular flexibility index (Phi) is 3.70. The molecule has 1 heterocycles. The molecule has 1 unspecified atom stereocenters. The van der Waals surface area contributed by atoms with E-state index in [-0.39, 0.29) is 23.5 Å². The van der Waals surface area contributed by atoms with Crippen molar-refractivity contribution in [2.45, 2.75) is 62.5 Å². The zero-order chi connectivity index (χ0) is 19.0. The van der Waals surface area contributed by atoms with Gasteiger partial charge < -0.3 is 14.9 Å². The maximum Gasteiger partial charge on any atom is 0.161 e. The number of carbonyl (C=O) groups excluding carboxylic acids is 1. The van der Waals surface area contributed by atoms with Crippen LogP contribution in [0, 0.1) is 11.8 Å². The van der Waals surface area contributed by atoms with Crippen molar-refractivity contribution >= 4 is 5.78 Å². The van der Waals surface area contributed by atoms with Gasteiger partial charge in [0.15, 0.2) is 11.5 Å². The highest BCUT2D eigenvalue weighted by molar-refractivity contribution is 5.85. The van der Waals surface area contributed by atoms with Crippen molar-refractivity contribution < 1.29 is 19.7 Å². The molecule has 5 rings (SSSR count). The molecular weight excluding hydrogens is 342 g/mol. The highest BCUT2D eigenvalue weighted by Gasteiger charge is 2.66. The van der Waals surface area contributed by atoms with E-state index in [9.17, 15) is 15.0 Å². The first-order valence-electron chi connectivity index (χ1n) is 10.3. The second-order valence-electron chi connectivity index (χ2n) is 9.31. The molecule has 146 valence electrons. The number of phenols is 1. The molecule has 1 aromatic rings. The Hall–Kier alpha value is -1.59. The molecule has 5 heteroatoms. The van der Waals surface area contributed by atoms with Crippen LogP contribution in [0.4, 0.5) is 0 Å². The number of fused-ring (bicyclic) bond motifs is 1. The summed E-state index contributed by atoms with van der Waals surface area (Å²) < 4.78 is 5.36. The summed E-state index contributed by atoms with van der Waals surface area (Å²) in [4.78, 5) is 15.3. The molecule has 3 aliphatic carbocycles. The first-order chi connectivity index (χ1) is 12.9. The van der Waals surface area contributed by atoms with Crippen LogP contribution in [0.25, 0.3) is 0 Å². The maximum absolute atomic E-state index is 12.8. The molecule has 0 spiro atoms. The third kappa shape index (κ3) is 2.27. The van der Waals surface area contributed by atoms with E-state index in [0.29, 0.717) is 25.0 Å². The van der Waals surface area contributed by atoms with Crippen molar-refractivity contribution in [1.82, 2.24) is 4.90 Å². The number of hydrogen-bond acceptors (Lipinski definition) is 5. The fraction of sp³-hybridized carbons (Fsp3) is 0.682. The van der Waals surface area contributed by atoms with Gasteiger partial charge >= 0.3 is 0 Å². The van der Waals surface area contributed by atoms with Gasteiger partial charge in [-0.1, -0.05) is 13.0 Å². The summed E-state index contributed by atoms with van der Waals surface area (Å²) in [6.45, 7) is 3.86. The van der Waals surface area contributed by atoms with Crippen LogP contribution in [0.2, 0.25) is 0 Å². The number of hydrogen-bond donors (Lipinski definition) is 2. The summed E-state index contributed by atoms with van der Waals surface area (Å²) in [5, 5.41) is 23.1. The minimum atomic E-state index is -0.982. The van der Waals surface area contributed by atoms with E-state index in [1.165, 1.54) is 12.8 Å². The fourth-order valence-corrected chi connectivity index (χ4v) is 6.22. The SMILES string of the molecule is COc1ccc2c(c1O)[C@]13CCN(CC4CC4)[C@H](C2)[C@]1(O)CC(C)C(=O)C3. The molecule has 27 heavy (non-hydrogen) atoms. The van der Waals surface area contributed by atoms with E-state index >= 15 is 0 Å². The molecule has 3 fully saturated rings. The average Bonchev–Trinajstić information content (AvgIpc) is 3.43. The van der Waals surface area contributed by atoms with Crippen LogP contribution in [0.15, 0.2) is 12.1 Å². The number of benzene rings is 1. The Balaban J connectivity index is 1.69. The van der Waals surface area contributed by atoms with Crippen molar-refractivity contribution in [3.8, 4) is 11.5 Å². The van der Waals surface area contributed by atoms with Crippen molar-refractivity contribution in [2.75, 3.05) is 20.2 Å². The summed E-state index contributed by atoms with van der Waals surface area (Å²) in [6, 6.07) is 3.84. The number of methoxy groups -OCH3 is 1. The van der Waals surface area contributed by atoms with E-state index in [4.69, 9.17) is 4.74 Å². The second-order valence-corrected chi connectivity index (χ2v) is 9.31. The number of phenolic OH excluding ortho intramolecular Hbond substituents is 1. The van der Waals surface area contributed by atoms with Crippen molar-refractivity contribution in [2.24, 2.45) is 11.8 Å². The molecule has 1 saturated heterocycles. The molecule has 1 aliphatic heterocycles. The van der Waals surface area contributed by atoms with Crippen LogP contribution in [0.3, 0.4) is 0 Å². The molecule has 4 aliphatic rings. The van der Waals surface area contributed by atoms with Crippen molar-refractivity contribution in [1.29, 1.82) is 0 Å². The maximum atomic E-state index is 12.8. The van der Waals surface area contributed by atoms with E-state index in [0.717, 1.165) is 36.6 Å². The van der Waals surface area contributed by atoms with Crippen LogP contribution < -0.4 is 4.74 Å². The van der Waals surface area contributed by atoms with Gasteiger partial charge in [0.1, 0.15) is 5.78 Å². The molecule has 1 aromatic carbocycles. The third-order valence-corrected chi connectivity index (χ3v) is 7.82. The zero-order valence-corrected chi connectivity index (χ0v) is 16.2. The first kappa shape index (κ1) is 17.5. The molecule has 0 radical (unpaired) electrons. The summed E-state index contributed by atoms with van der Waals surface area (Å²) in [6.07, 6.45) is 4.80. The van der Waals surface area contributed by atoms with E-state index in [1.807, 2.05) is 19.1 Å². The fourth-order valence-electron chi connectivity index (χ4n) is 6.22. The number of rotatable bonds is 3. The molecule has 0 aromatic heterocycles. The van der Waals surface area contributed by atoms with E-state index in [1.54, 1.807) is 7.11 Å². The number of nitrogens with zero attached hydrogens (tertiary/aromatic N) is 1. The van der Waals surface area contributed by atoms with Gasteiger partial charge in [0.05, 0.1) is 12.7 Å². The lowest BCUT2D eigenvalue weighted by atomic mass is 9.48. The van der Waals surface area contributed by atoms with Gasteiger partial charge in [-0.25, -0.2) is 0 Å². The Morgan fingerprint density at radius 2 is 2.11 bits per heavy atom. The Morgan fingerprint density at radius 1 is 1.33 bits per heavy atom.